The van der Waals surface area contributed by atoms with Gasteiger partial charge >= 0.3 is 35.8 Å². The zero-order chi connectivity index (χ0) is 62.2. The van der Waals surface area contributed by atoms with Crippen molar-refractivity contribution in [2.75, 3.05) is 19.6 Å². The lowest BCUT2D eigenvalue weighted by molar-refractivity contribution is -0.145. The molecule has 0 aliphatic carbocycles. The monoisotopic (exact) mass is 1170 g/mol. The summed E-state index contributed by atoms with van der Waals surface area (Å²) in [4.78, 5) is 184. The summed E-state index contributed by atoms with van der Waals surface area (Å²) in [5.74, 6) is -21.5. The van der Waals surface area contributed by atoms with E-state index in [2.05, 4.69) is 26.3 Å². The first-order chi connectivity index (χ1) is 38.5. The molecule has 1 aromatic carbocycles. The van der Waals surface area contributed by atoms with Crippen molar-refractivity contribution in [3.05, 3.63) is 29.8 Å². The Labute approximate surface area is 466 Å². The fourth-order valence-corrected chi connectivity index (χ4v) is 7.34. The first kappa shape index (κ1) is 70.8. The maximum Gasteiger partial charge on any atom is 0.326 e. The molecule has 9 atom stereocenters. The van der Waals surface area contributed by atoms with E-state index >= 15 is 0 Å². The van der Waals surface area contributed by atoms with Crippen LogP contribution in [0.4, 0.5) is 0 Å². The number of guanidine groups is 1. The minimum absolute atomic E-state index is 0.0211. The van der Waals surface area contributed by atoms with Gasteiger partial charge in [0.1, 0.15) is 54.1 Å². The number of hydrogen-bond donors (Lipinski definition) is 20. The maximum atomic E-state index is 14.2. The van der Waals surface area contributed by atoms with E-state index in [9.17, 15) is 103 Å². The maximum absolute atomic E-state index is 14.2. The van der Waals surface area contributed by atoms with Gasteiger partial charge in [-0.1, -0.05) is 12.1 Å². The molecule has 0 saturated carbocycles. The Bertz CT molecular complexity index is 2460. The van der Waals surface area contributed by atoms with E-state index in [0.717, 1.165) is 0 Å². The summed E-state index contributed by atoms with van der Waals surface area (Å²) in [5.41, 5.74) is 27.9. The minimum atomic E-state index is -2.32. The van der Waals surface area contributed by atoms with Crippen molar-refractivity contribution in [1.82, 2.24) is 42.5 Å². The molecule has 0 saturated heterocycles. The summed E-state index contributed by atoms with van der Waals surface area (Å²) in [6.07, 6.45) is -6.18. The molecule has 1 aromatic rings. The van der Waals surface area contributed by atoms with E-state index in [0.29, 0.717) is 6.42 Å². The van der Waals surface area contributed by atoms with Crippen LogP contribution in [-0.2, 0) is 73.5 Å². The summed E-state index contributed by atoms with van der Waals surface area (Å²) >= 11 is 0. The molecular formula is C47H72N14O21. The van der Waals surface area contributed by atoms with Crippen LogP contribution in [0.15, 0.2) is 29.3 Å². The van der Waals surface area contributed by atoms with Crippen molar-refractivity contribution < 1.29 is 103 Å². The van der Waals surface area contributed by atoms with Crippen molar-refractivity contribution in [3.63, 3.8) is 0 Å². The molecule has 0 aliphatic rings. The number of nitrogens with zero attached hydrogens (tertiary/aromatic N) is 1. The number of rotatable bonds is 41. The van der Waals surface area contributed by atoms with Gasteiger partial charge in [0, 0.05) is 13.0 Å². The Morgan fingerprint density at radius 3 is 1.05 bits per heavy atom. The molecule has 0 fully saturated rings. The van der Waals surface area contributed by atoms with E-state index in [1.54, 1.807) is 0 Å². The predicted octanol–water partition coefficient (Wildman–Crippen LogP) is -7.09. The van der Waals surface area contributed by atoms with Crippen LogP contribution in [0.5, 0.6) is 5.75 Å². The van der Waals surface area contributed by atoms with Crippen LogP contribution < -0.4 is 71.2 Å². The average Bonchev–Trinajstić information content (AvgIpc) is 3.46. The number of nitrogens with two attached hydrogens (primary N) is 5. The lowest BCUT2D eigenvalue weighted by atomic mass is 10.0. The number of aliphatic carboxylic acids is 6. The number of aromatic hydroxyl groups is 1. The van der Waals surface area contributed by atoms with Gasteiger partial charge in [-0.15, -0.1) is 0 Å². The van der Waals surface area contributed by atoms with Gasteiger partial charge in [0.15, 0.2) is 5.96 Å². The number of carboxylic acids is 6. The molecule has 456 valence electrons. The topological polar surface area (TPSA) is 619 Å². The molecule has 25 N–H and O–H groups in total. The molecule has 35 heteroatoms. The standard InChI is InChI=1S/C47H72N14O21/c48-13-3-1-7-25(54-40(75)27(16-22-9-11-23(62)12-10-22)57-42(77)28(17-33(63)64)56-38(73)24(50)6-5-15-53-47(51)52)39(74)58-30(19-35(67)68)43(78)60-32(21-37(71)72)45(80)61-31(20-36(69)70)44(79)59-29(18-34(65)66)41(76)55-26(46(81)82)8-2-4-14-49/h9-12,24-32,62H,1-8,13-21,48-50H2,(H,54,75)(H,55,76)(H,56,73)(H,57,77)(H,58,74)(H,59,79)(H,60,78)(H,61,80)(H,63,64)(H,65,66)(H,67,68)(H,69,70)(H,71,72)(H,81,82)(H4,51,52,53)/t24-,25-,26-,27-,28-,29-,30-,31-,32-/m0/s1. The second-order valence-electron chi connectivity index (χ2n) is 18.3. The van der Waals surface area contributed by atoms with Gasteiger partial charge in [-0.25, -0.2) is 4.79 Å². The van der Waals surface area contributed by atoms with E-state index in [1.807, 2.05) is 21.3 Å². The number of carbonyl (C=O) groups excluding carboxylic acids is 8. The number of carbonyl (C=O) groups is 14. The van der Waals surface area contributed by atoms with Gasteiger partial charge in [-0.05, 0) is 82.2 Å². The fourth-order valence-electron chi connectivity index (χ4n) is 7.34. The summed E-state index contributed by atoms with van der Waals surface area (Å²) in [6, 6.07) is -12.0. The van der Waals surface area contributed by atoms with Crippen LogP contribution in [0.2, 0.25) is 0 Å². The predicted molar refractivity (Wildman–Crippen MR) is 280 cm³/mol. The molecule has 0 spiro atoms. The molecule has 35 nitrogen and oxygen atoms in total. The Kier molecular flexibility index (Phi) is 31.8. The van der Waals surface area contributed by atoms with Gasteiger partial charge in [-0.2, -0.15) is 0 Å². The molecule has 8 amide bonds. The molecule has 0 unspecified atom stereocenters. The van der Waals surface area contributed by atoms with E-state index < -0.39 is 176 Å². The number of carboxylic acid groups (broad SMARTS) is 6. The highest BCUT2D eigenvalue weighted by Gasteiger charge is 2.37. The summed E-state index contributed by atoms with van der Waals surface area (Å²) in [7, 11) is 0. The summed E-state index contributed by atoms with van der Waals surface area (Å²) in [5, 5.41) is 84.3. The van der Waals surface area contributed by atoms with Gasteiger partial charge < -0.3 is 107 Å². The van der Waals surface area contributed by atoms with E-state index in [4.69, 9.17) is 28.7 Å². The zero-order valence-corrected chi connectivity index (χ0v) is 44.2. The van der Waals surface area contributed by atoms with Gasteiger partial charge in [0.25, 0.3) is 0 Å². The first-order valence-electron chi connectivity index (χ1n) is 25.2. The molecule has 0 heterocycles. The second kappa shape index (κ2) is 36.8. The number of aliphatic imine (C=N–C) groups is 1. The van der Waals surface area contributed by atoms with Crippen molar-refractivity contribution in [2.24, 2.45) is 33.7 Å². The lowest BCUT2D eigenvalue weighted by Gasteiger charge is -2.27. The molecule has 0 aliphatic heterocycles. The number of phenols is 1. The van der Waals surface area contributed by atoms with Crippen molar-refractivity contribution in [2.45, 2.75) is 144 Å². The molecule has 0 radical (unpaired) electrons. The smallest absolute Gasteiger partial charge is 0.326 e. The van der Waals surface area contributed by atoms with Crippen LogP contribution in [0.3, 0.4) is 0 Å². The molecule has 0 aromatic heterocycles. The number of unbranched alkanes of at least 4 members (excludes halogenated alkanes) is 2. The Morgan fingerprint density at radius 2 is 0.707 bits per heavy atom. The first-order valence-corrected chi connectivity index (χ1v) is 25.2. The lowest BCUT2D eigenvalue weighted by Crippen LogP contribution is -2.61. The van der Waals surface area contributed by atoms with Crippen LogP contribution in [0.25, 0.3) is 0 Å². The Balaban J connectivity index is 3.60. The highest BCUT2D eigenvalue weighted by atomic mass is 16.4. The van der Waals surface area contributed by atoms with Crippen LogP contribution in [0, 0.1) is 0 Å². The Hall–Kier alpha value is -9.25. The second-order valence-corrected chi connectivity index (χ2v) is 18.3. The van der Waals surface area contributed by atoms with E-state index in [-0.39, 0.29) is 81.9 Å². The number of hydrogen-bond acceptors (Lipinski definition) is 19. The van der Waals surface area contributed by atoms with Crippen molar-refractivity contribution >= 4 is 89.0 Å². The minimum Gasteiger partial charge on any atom is -0.508 e. The van der Waals surface area contributed by atoms with Gasteiger partial charge in [-0.3, -0.25) is 67.3 Å². The number of nitrogens with one attached hydrogen (secondary N) is 8. The molecule has 1 rings (SSSR count). The normalized spacial score (nSPS) is 14.1. The number of amides is 8. The molecule has 82 heavy (non-hydrogen) atoms. The summed E-state index contributed by atoms with van der Waals surface area (Å²) < 4.78 is 0. The fraction of sp³-hybridized carbons (Fsp3) is 0.553. The highest BCUT2D eigenvalue weighted by Crippen LogP contribution is 2.14. The van der Waals surface area contributed by atoms with Crippen LogP contribution in [-0.4, -0.2) is 199 Å². The third-order valence-electron chi connectivity index (χ3n) is 11.5. The highest BCUT2D eigenvalue weighted by molar-refractivity contribution is 6.01. The zero-order valence-electron chi connectivity index (χ0n) is 44.2. The molecule has 0 bridgehead atoms. The SMILES string of the molecule is NCCCC[C@H](NC(=O)[C@H](CC(=O)O)NC(=O)[C@H](CC(=O)O)NC(=O)[C@H](CC(=O)O)NC(=O)[C@H](CC(=O)O)NC(=O)[C@H](CCCCN)NC(=O)[C@H](Cc1ccc(O)cc1)NC(=O)[C@H](CC(=O)O)NC(=O)[C@@H](N)CCCN=C(N)N)C(=O)O. The van der Waals surface area contributed by atoms with Crippen LogP contribution in [0.1, 0.15) is 89.0 Å². The van der Waals surface area contributed by atoms with Gasteiger partial charge in [0.2, 0.25) is 47.3 Å². The van der Waals surface area contributed by atoms with Crippen molar-refractivity contribution in [3.8, 4) is 5.75 Å². The van der Waals surface area contributed by atoms with E-state index in [1.165, 1.54) is 24.3 Å². The Morgan fingerprint density at radius 1 is 0.402 bits per heavy atom. The quantitative estimate of drug-likeness (QED) is 0.0165. The third kappa shape index (κ3) is 28.6. The number of benzene rings is 1. The average molecular weight is 1170 g/mol. The largest absolute Gasteiger partial charge is 0.508 e. The van der Waals surface area contributed by atoms with Crippen molar-refractivity contribution in [1.29, 1.82) is 0 Å². The molecular weight excluding hydrogens is 1100 g/mol. The van der Waals surface area contributed by atoms with Crippen LogP contribution >= 0.6 is 0 Å². The van der Waals surface area contributed by atoms with Gasteiger partial charge in [0.05, 0.1) is 38.1 Å². The third-order valence-corrected chi connectivity index (χ3v) is 11.5. The number of phenolic OH excluding ortho intramolecular Hbond substituents is 1. The summed E-state index contributed by atoms with van der Waals surface area (Å²) in [6.45, 7) is 0.289.